The molecule has 13 heteroatoms. The largest absolute Gasteiger partial charge is 0.542 e. The van der Waals surface area contributed by atoms with Gasteiger partial charge in [0.1, 0.15) is 31.4 Å². The number of nitrogens with one attached hydrogen (secondary N) is 3. The maximum atomic E-state index is 14.5. The zero-order valence-corrected chi connectivity index (χ0v) is 17.1. The van der Waals surface area contributed by atoms with Crippen molar-refractivity contribution in [2.75, 3.05) is 31.6 Å². The van der Waals surface area contributed by atoms with Crippen molar-refractivity contribution in [2.45, 2.75) is 12.7 Å². The first-order chi connectivity index (χ1) is 15.7. The van der Waals surface area contributed by atoms with Crippen LogP contribution in [0, 0.1) is 5.82 Å². The lowest BCUT2D eigenvalue weighted by Crippen LogP contribution is -3.12. The number of carboxylic acids is 1. The van der Waals surface area contributed by atoms with E-state index in [1.165, 1.54) is 11.0 Å². The first kappa shape index (κ1) is 24.1. The molecule has 4 heterocycles. The van der Waals surface area contributed by atoms with Gasteiger partial charge in [-0.15, -0.1) is 0 Å². The van der Waals surface area contributed by atoms with Gasteiger partial charge in [-0.3, -0.25) is 10.1 Å². The van der Waals surface area contributed by atoms with Crippen LogP contribution < -0.4 is 19.7 Å². The summed E-state index contributed by atoms with van der Waals surface area (Å²) in [7, 11) is 0. The van der Waals surface area contributed by atoms with Gasteiger partial charge < -0.3 is 19.5 Å². The van der Waals surface area contributed by atoms with Crippen LogP contribution in [0.25, 0.3) is 5.52 Å². The van der Waals surface area contributed by atoms with Crippen LogP contribution in [0.5, 0.6) is 0 Å². The minimum absolute atomic E-state index is 0.271. The van der Waals surface area contributed by atoms with Crippen LogP contribution in [0.2, 0.25) is 0 Å². The molecule has 0 radical (unpaired) electrons. The molecule has 1 fully saturated rings. The molecule has 0 aliphatic carbocycles. The summed E-state index contributed by atoms with van der Waals surface area (Å²) >= 11 is 0. The zero-order chi connectivity index (χ0) is 24.0. The van der Waals surface area contributed by atoms with Crippen molar-refractivity contribution in [3.05, 3.63) is 60.1 Å². The lowest BCUT2D eigenvalue weighted by atomic mass is 10.3. The molecule has 3 N–H and O–H groups in total. The van der Waals surface area contributed by atoms with Crippen molar-refractivity contribution in [3.63, 3.8) is 0 Å². The van der Waals surface area contributed by atoms with Gasteiger partial charge in [0.25, 0.3) is 0 Å². The number of H-pyrrole nitrogens is 1. The molecule has 0 bridgehead atoms. The number of imidazole rings is 1. The molecule has 0 aromatic carbocycles. The number of aromatic nitrogens is 3. The zero-order valence-electron chi connectivity index (χ0n) is 17.1. The third-order valence-corrected chi connectivity index (χ3v) is 4.72. The molecule has 1 amide bonds. The highest BCUT2D eigenvalue weighted by Crippen LogP contribution is 2.12. The van der Waals surface area contributed by atoms with Gasteiger partial charge in [-0.2, -0.15) is 17.6 Å². The Kier molecular flexibility index (Phi) is 7.55. The van der Waals surface area contributed by atoms with Crippen molar-refractivity contribution < 1.29 is 46.3 Å². The number of carbonyl (C=O) groups excluding carboxylic acids is 2. The molecule has 0 atom stereocenters. The van der Waals surface area contributed by atoms with Crippen molar-refractivity contribution in [3.8, 4) is 0 Å². The molecule has 0 saturated carbocycles. The number of nitrogens with zero attached hydrogens (tertiary/aromatic N) is 2. The highest BCUT2D eigenvalue weighted by Gasteiger charge is 2.30. The van der Waals surface area contributed by atoms with Gasteiger partial charge >= 0.3 is 17.9 Å². The predicted octanol–water partition coefficient (Wildman–Crippen LogP) is -0.746. The van der Waals surface area contributed by atoms with E-state index < -0.39 is 12.1 Å². The number of fused-ring (bicyclic) bond motifs is 1. The third kappa shape index (κ3) is 6.23. The van der Waals surface area contributed by atoms with E-state index in [0.29, 0.717) is 36.8 Å². The number of anilines is 1. The fourth-order valence-corrected chi connectivity index (χ4v) is 3.21. The predicted molar refractivity (Wildman–Crippen MR) is 102 cm³/mol. The summed E-state index contributed by atoms with van der Waals surface area (Å²) in [5.74, 6) is -3.02. The summed E-state index contributed by atoms with van der Waals surface area (Å²) in [6, 6.07) is 8.25. The Morgan fingerprint density at radius 3 is 2.52 bits per heavy atom. The Morgan fingerprint density at radius 1 is 1.21 bits per heavy atom. The first-order valence-electron chi connectivity index (χ1n) is 9.79. The van der Waals surface area contributed by atoms with Gasteiger partial charge in [0.05, 0.1) is 19.4 Å². The average Bonchev–Trinajstić information content (AvgIpc) is 3.15. The number of quaternary nitrogens is 1. The Hall–Kier alpha value is -3.58. The minimum Gasteiger partial charge on any atom is -0.542 e. The Bertz CT molecular complexity index is 1110. The molecule has 1 saturated heterocycles. The van der Waals surface area contributed by atoms with E-state index in [2.05, 4.69) is 15.3 Å². The van der Waals surface area contributed by atoms with Crippen LogP contribution in [0.3, 0.4) is 0 Å². The SMILES string of the molecule is O=C(Nc1ccccn1)c1[nH]c(C[NH+]2CCOCC2)c2c(F)ccc[n+]12.O=C([O-])C(F)(F)F. The molecule has 3 aromatic rings. The summed E-state index contributed by atoms with van der Waals surface area (Å²) < 4.78 is 53.0. The van der Waals surface area contributed by atoms with Crippen LogP contribution in [0.4, 0.5) is 23.4 Å². The van der Waals surface area contributed by atoms with E-state index >= 15 is 0 Å². The van der Waals surface area contributed by atoms with Gasteiger partial charge in [-0.05, 0) is 24.3 Å². The number of rotatable bonds is 4. The molecule has 1 aliphatic rings. The molecule has 0 spiro atoms. The first-order valence-corrected chi connectivity index (χ1v) is 9.79. The molecule has 33 heavy (non-hydrogen) atoms. The summed E-state index contributed by atoms with van der Waals surface area (Å²) in [6.07, 6.45) is -1.91. The molecule has 4 rings (SSSR count). The summed E-state index contributed by atoms with van der Waals surface area (Å²) in [4.78, 5) is 30.0. The van der Waals surface area contributed by atoms with Crippen molar-refractivity contribution in [1.29, 1.82) is 0 Å². The number of ether oxygens (including phenoxy) is 1. The number of pyridine rings is 2. The fraction of sp³-hybridized carbons (Fsp3) is 0.300. The van der Waals surface area contributed by atoms with Crippen molar-refractivity contribution >= 4 is 23.2 Å². The second kappa shape index (κ2) is 10.4. The highest BCUT2D eigenvalue weighted by atomic mass is 19.4. The van der Waals surface area contributed by atoms with Crippen LogP contribution in [-0.2, 0) is 16.1 Å². The quantitative estimate of drug-likeness (QED) is 0.343. The summed E-state index contributed by atoms with van der Waals surface area (Å²) in [5, 5.41) is 11.5. The van der Waals surface area contributed by atoms with Gasteiger partial charge in [0.15, 0.2) is 5.82 Å². The van der Waals surface area contributed by atoms with Crippen molar-refractivity contribution in [2.24, 2.45) is 0 Å². The Balaban J connectivity index is 0.000000383. The fourth-order valence-electron chi connectivity index (χ4n) is 3.21. The van der Waals surface area contributed by atoms with E-state index in [0.717, 1.165) is 13.1 Å². The number of amides is 1. The van der Waals surface area contributed by atoms with E-state index in [9.17, 15) is 22.4 Å². The molecular formula is C20H20F4N5O4+. The number of aliphatic carboxylic acids is 1. The number of hydrogen-bond acceptors (Lipinski definition) is 5. The second-order valence-corrected chi connectivity index (χ2v) is 7.02. The van der Waals surface area contributed by atoms with E-state index in [4.69, 9.17) is 14.6 Å². The van der Waals surface area contributed by atoms with Crippen LogP contribution in [0.1, 0.15) is 16.3 Å². The molecule has 176 valence electrons. The lowest BCUT2D eigenvalue weighted by Gasteiger charge is -2.22. The molecule has 1 aliphatic heterocycles. The van der Waals surface area contributed by atoms with Crippen LogP contribution in [-0.4, -0.2) is 54.3 Å². The number of carbonyl (C=O) groups is 2. The number of carboxylic acid groups (broad SMARTS) is 1. The van der Waals surface area contributed by atoms with Crippen LogP contribution >= 0.6 is 0 Å². The second-order valence-electron chi connectivity index (χ2n) is 7.02. The maximum Gasteiger partial charge on any atom is 0.430 e. The van der Waals surface area contributed by atoms with Gasteiger partial charge in [0, 0.05) is 6.20 Å². The number of alkyl halides is 3. The van der Waals surface area contributed by atoms with Crippen molar-refractivity contribution in [1.82, 2.24) is 9.97 Å². The number of halogens is 4. The lowest BCUT2D eigenvalue weighted by molar-refractivity contribution is -0.921. The molecule has 0 unspecified atom stereocenters. The smallest absolute Gasteiger partial charge is 0.430 e. The van der Waals surface area contributed by atoms with Crippen LogP contribution in [0.15, 0.2) is 42.7 Å². The molecule has 9 nitrogen and oxygen atoms in total. The standard InChI is InChI=1S/C18H18FN5O2.C2HF3O2/c19-13-4-3-7-24-16(13)14(12-23-8-10-26-11-9-23)21-17(24)18(25)22-15-5-1-2-6-20-15;3-2(4,5)1(6)7/h1-7H,8-12H2,(H,20,22,25);(H,6,7)/p+1. The van der Waals surface area contributed by atoms with E-state index in [1.807, 2.05) is 0 Å². The third-order valence-electron chi connectivity index (χ3n) is 4.72. The molecular weight excluding hydrogens is 450 g/mol. The number of aromatic amines is 1. The highest BCUT2D eigenvalue weighted by molar-refractivity contribution is 6.00. The van der Waals surface area contributed by atoms with Gasteiger partial charge in [-0.25, -0.2) is 14.4 Å². The summed E-state index contributed by atoms with van der Waals surface area (Å²) in [6.45, 7) is 3.70. The topological polar surface area (TPSA) is 116 Å². The Morgan fingerprint density at radius 2 is 1.91 bits per heavy atom. The van der Waals surface area contributed by atoms with E-state index in [1.54, 1.807) is 41.1 Å². The number of morpholine rings is 1. The average molecular weight is 470 g/mol. The molecule has 3 aromatic heterocycles. The minimum atomic E-state index is -5.19. The summed E-state index contributed by atoms with van der Waals surface area (Å²) in [5.41, 5.74) is 1.10. The monoisotopic (exact) mass is 470 g/mol. The number of hydrogen-bond donors (Lipinski definition) is 3. The maximum absolute atomic E-state index is 14.5. The Labute approximate surface area is 184 Å². The van der Waals surface area contributed by atoms with E-state index in [-0.39, 0.29) is 17.5 Å². The van der Waals surface area contributed by atoms with Gasteiger partial charge in [0.2, 0.25) is 11.2 Å². The van der Waals surface area contributed by atoms with Gasteiger partial charge in [-0.1, -0.05) is 6.07 Å². The normalized spacial score (nSPS) is 14.4.